The SMILES string of the molecule is CC[Si](CC)(CCCCc1ccc(C2CC3CC3C2)cc1)c1ccc(C[C@H](NC(=O)[C@H](CC(C)C)NC(=O)C(NC(=O)OC(C)(C)C)C(C)C)C(=O)OC)cc1. The highest BCUT2D eigenvalue weighted by atomic mass is 28.3. The Morgan fingerprint density at radius 3 is 1.89 bits per heavy atom. The van der Waals surface area contributed by atoms with E-state index in [-0.39, 0.29) is 18.3 Å². The number of alkyl carbamates (subject to hydrolysis) is 1. The second-order valence-electron chi connectivity index (χ2n) is 18.4. The van der Waals surface area contributed by atoms with Gasteiger partial charge in [-0.2, -0.15) is 0 Å². The van der Waals surface area contributed by atoms with Crippen molar-refractivity contribution in [2.45, 2.75) is 161 Å². The highest BCUT2D eigenvalue weighted by Gasteiger charge is 2.46. The van der Waals surface area contributed by atoms with Gasteiger partial charge in [0.15, 0.2) is 0 Å². The van der Waals surface area contributed by atoms with Gasteiger partial charge >= 0.3 is 12.1 Å². The summed E-state index contributed by atoms with van der Waals surface area (Å²) in [4.78, 5) is 52.8. The third kappa shape index (κ3) is 12.9. The van der Waals surface area contributed by atoms with E-state index in [1.165, 1.54) is 68.1 Å². The summed E-state index contributed by atoms with van der Waals surface area (Å²) in [7, 11) is -0.418. The lowest BCUT2D eigenvalue weighted by atomic mass is 9.93. The first-order valence-corrected chi connectivity index (χ1v) is 24.0. The van der Waals surface area contributed by atoms with E-state index in [1.54, 1.807) is 26.3 Å². The molecule has 0 aliphatic heterocycles. The zero-order valence-electron chi connectivity index (χ0n) is 36.0. The number of amides is 3. The number of hydrogen-bond donors (Lipinski definition) is 3. The van der Waals surface area contributed by atoms with Crippen LogP contribution in [0.2, 0.25) is 18.1 Å². The predicted octanol–water partition coefficient (Wildman–Crippen LogP) is 8.20. The van der Waals surface area contributed by atoms with Crippen molar-refractivity contribution in [2.24, 2.45) is 23.7 Å². The summed E-state index contributed by atoms with van der Waals surface area (Å²) in [6, 6.07) is 19.0. The van der Waals surface area contributed by atoms with Gasteiger partial charge in [0.1, 0.15) is 23.7 Å². The van der Waals surface area contributed by atoms with E-state index in [2.05, 4.69) is 78.3 Å². The van der Waals surface area contributed by atoms with Crippen LogP contribution in [0, 0.1) is 23.7 Å². The van der Waals surface area contributed by atoms with E-state index < -0.39 is 55.7 Å². The van der Waals surface area contributed by atoms with E-state index in [0.29, 0.717) is 6.42 Å². The van der Waals surface area contributed by atoms with Crippen molar-refractivity contribution in [3.63, 3.8) is 0 Å². The molecular formula is C46H71N3O6Si. The highest BCUT2D eigenvalue weighted by molar-refractivity contribution is 6.91. The first-order chi connectivity index (χ1) is 26.5. The van der Waals surface area contributed by atoms with Crippen LogP contribution in [0.1, 0.15) is 123 Å². The average molecular weight is 790 g/mol. The summed E-state index contributed by atoms with van der Waals surface area (Å²) < 4.78 is 10.5. The summed E-state index contributed by atoms with van der Waals surface area (Å²) in [6.07, 6.45) is 7.66. The van der Waals surface area contributed by atoms with E-state index in [4.69, 9.17) is 9.47 Å². The summed E-state index contributed by atoms with van der Waals surface area (Å²) in [5.74, 6) is 1.06. The molecule has 2 aliphatic carbocycles. The summed E-state index contributed by atoms with van der Waals surface area (Å²) in [5, 5.41) is 9.79. The lowest BCUT2D eigenvalue weighted by Gasteiger charge is -2.30. The van der Waals surface area contributed by atoms with Crippen molar-refractivity contribution in [1.82, 2.24) is 16.0 Å². The van der Waals surface area contributed by atoms with E-state index >= 15 is 0 Å². The molecule has 0 spiro atoms. The second-order valence-corrected chi connectivity index (χ2v) is 23.5. The number of methoxy groups -OCH3 is 1. The van der Waals surface area contributed by atoms with Gasteiger partial charge in [-0.3, -0.25) is 9.59 Å². The zero-order valence-corrected chi connectivity index (χ0v) is 37.0. The molecule has 2 aliphatic rings. The monoisotopic (exact) mass is 790 g/mol. The largest absolute Gasteiger partial charge is 0.467 e. The van der Waals surface area contributed by atoms with Crippen molar-refractivity contribution < 1.29 is 28.7 Å². The zero-order chi connectivity index (χ0) is 41.2. The maximum atomic E-state index is 13.8. The minimum atomic E-state index is -1.73. The minimum Gasteiger partial charge on any atom is -0.467 e. The number of benzene rings is 2. The van der Waals surface area contributed by atoms with E-state index in [1.807, 2.05) is 27.7 Å². The Bertz CT molecular complexity index is 1590. The van der Waals surface area contributed by atoms with Gasteiger partial charge in [-0.05, 0) is 106 Å². The third-order valence-corrected chi connectivity index (χ3v) is 17.8. The van der Waals surface area contributed by atoms with Crippen molar-refractivity contribution in [3.8, 4) is 0 Å². The number of esters is 1. The number of aryl methyl sites for hydroxylation is 1. The molecule has 2 fully saturated rings. The van der Waals surface area contributed by atoms with Crippen LogP contribution in [-0.2, 0) is 36.7 Å². The van der Waals surface area contributed by atoms with Crippen LogP contribution in [0.25, 0.3) is 0 Å². The van der Waals surface area contributed by atoms with Gasteiger partial charge in [-0.25, -0.2) is 9.59 Å². The molecule has 0 radical (unpaired) electrons. The van der Waals surface area contributed by atoms with Crippen LogP contribution in [0.5, 0.6) is 0 Å². The van der Waals surface area contributed by atoms with Gasteiger partial charge in [-0.1, -0.05) is 120 Å². The molecule has 4 rings (SSSR count). The molecule has 56 heavy (non-hydrogen) atoms. The Morgan fingerprint density at radius 1 is 0.768 bits per heavy atom. The fraction of sp³-hybridized carbons (Fsp3) is 0.652. The van der Waals surface area contributed by atoms with Crippen LogP contribution in [0.3, 0.4) is 0 Å². The average Bonchev–Trinajstić information content (AvgIpc) is 3.76. The molecule has 0 aromatic heterocycles. The number of ether oxygens (including phenoxy) is 2. The molecule has 0 bridgehead atoms. The Balaban J connectivity index is 1.36. The lowest BCUT2D eigenvalue weighted by molar-refractivity contribution is -0.145. The number of rotatable bonds is 20. The van der Waals surface area contributed by atoms with Gasteiger partial charge in [0.25, 0.3) is 0 Å². The number of carbonyl (C=O) groups is 4. The van der Waals surface area contributed by atoms with Gasteiger partial charge in [0.2, 0.25) is 11.8 Å². The van der Waals surface area contributed by atoms with Crippen LogP contribution in [-0.4, -0.2) is 62.8 Å². The molecule has 2 aromatic rings. The van der Waals surface area contributed by atoms with Gasteiger partial charge in [-0.15, -0.1) is 0 Å². The molecule has 3 unspecified atom stereocenters. The van der Waals surface area contributed by atoms with Gasteiger partial charge in [0, 0.05) is 6.42 Å². The molecule has 10 heteroatoms. The topological polar surface area (TPSA) is 123 Å². The maximum absolute atomic E-state index is 13.8. The fourth-order valence-corrected chi connectivity index (χ4v) is 12.8. The quantitative estimate of drug-likeness (QED) is 0.0707. The van der Waals surface area contributed by atoms with Crippen molar-refractivity contribution >= 4 is 37.1 Å². The molecule has 3 N–H and O–H groups in total. The smallest absolute Gasteiger partial charge is 0.408 e. The molecule has 0 saturated heterocycles. The van der Waals surface area contributed by atoms with Crippen molar-refractivity contribution in [3.05, 3.63) is 65.2 Å². The highest BCUT2D eigenvalue weighted by Crippen LogP contribution is 2.57. The second kappa shape index (κ2) is 20.2. The van der Waals surface area contributed by atoms with E-state index in [9.17, 15) is 19.2 Å². The summed E-state index contributed by atoms with van der Waals surface area (Å²) in [6.45, 7) is 17.4. The molecular weight excluding hydrogens is 719 g/mol. The normalized spacial score (nSPS) is 19.5. The standard InChI is InChI=1S/C46H71N3O6Si/c1-11-56(12-2,24-14-13-15-32-16-20-34(21-17-32)35-27-36-29-37(36)28-35)38-22-18-33(19-23-38)26-40(44(52)54-10)48-42(50)39(25-30(3)4)47-43(51)41(31(5)6)49-45(53)55-46(7,8)9/h16-23,30-31,35-37,39-41H,11-15,24-29H2,1-10H3,(H,47,51)(H,48,50)(H,49,53)/t35?,36?,37?,39-,40-,41?/m0/s1. The first kappa shape index (κ1) is 45.0. The molecule has 0 heterocycles. The molecule has 3 amide bonds. The molecule has 5 atom stereocenters. The molecule has 2 aromatic carbocycles. The van der Waals surface area contributed by atoms with Crippen molar-refractivity contribution in [2.75, 3.05) is 7.11 Å². The molecule has 2 saturated carbocycles. The number of nitrogens with one attached hydrogen (secondary N) is 3. The van der Waals surface area contributed by atoms with Crippen LogP contribution >= 0.6 is 0 Å². The van der Waals surface area contributed by atoms with Gasteiger partial charge in [0.05, 0.1) is 15.2 Å². The maximum Gasteiger partial charge on any atom is 0.408 e. The minimum absolute atomic E-state index is 0.0613. The lowest BCUT2D eigenvalue weighted by Crippen LogP contribution is -2.57. The Kier molecular flexibility index (Phi) is 16.2. The Hall–Kier alpha value is -3.66. The Morgan fingerprint density at radius 2 is 1.36 bits per heavy atom. The number of carbonyl (C=O) groups excluding carboxylic acids is 4. The predicted molar refractivity (Wildman–Crippen MR) is 228 cm³/mol. The first-order valence-electron chi connectivity index (χ1n) is 21.3. The summed E-state index contributed by atoms with van der Waals surface area (Å²) in [5.41, 5.74) is 3.17. The number of hydrogen-bond acceptors (Lipinski definition) is 6. The molecule has 310 valence electrons. The number of fused-ring (bicyclic) bond motifs is 1. The van der Waals surface area contributed by atoms with Crippen molar-refractivity contribution in [1.29, 1.82) is 0 Å². The van der Waals surface area contributed by atoms with Gasteiger partial charge < -0.3 is 25.4 Å². The third-order valence-electron chi connectivity index (χ3n) is 12.2. The molecule has 9 nitrogen and oxygen atoms in total. The van der Waals surface area contributed by atoms with Crippen LogP contribution in [0.4, 0.5) is 4.79 Å². The van der Waals surface area contributed by atoms with Crippen LogP contribution < -0.4 is 21.1 Å². The Labute approximate surface area is 338 Å². The summed E-state index contributed by atoms with van der Waals surface area (Å²) >= 11 is 0. The number of unbranched alkanes of at least 4 members (excludes halogenated alkanes) is 1. The van der Waals surface area contributed by atoms with Crippen LogP contribution in [0.15, 0.2) is 48.5 Å². The van der Waals surface area contributed by atoms with E-state index in [0.717, 1.165) is 29.7 Å². The fourth-order valence-electron chi connectivity index (χ4n) is 8.66.